The summed E-state index contributed by atoms with van der Waals surface area (Å²) >= 11 is 0. The molecule has 0 aliphatic heterocycles. The van der Waals surface area contributed by atoms with Crippen molar-refractivity contribution >= 4 is 12.1 Å². The molecule has 0 spiro atoms. The summed E-state index contributed by atoms with van der Waals surface area (Å²) in [7, 11) is 0. The van der Waals surface area contributed by atoms with E-state index in [2.05, 4.69) is 0 Å². The quantitative estimate of drug-likeness (QED) is 0.612. The highest BCUT2D eigenvalue weighted by Gasteiger charge is 2.54. The van der Waals surface area contributed by atoms with Crippen molar-refractivity contribution in [3.05, 3.63) is 71.8 Å². The monoisotopic (exact) mass is 264 g/mol. The fourth-order valence-corrected chi connectivity index (χ4v) is 3.06. The van der Waals surface area contributed by atoms with Crippen molar-refractivity contribution in [3.8, 4) is 0 Å². The first-order valence-corrected chi connectivity index (χ1v) is 6.91. The van der Waals surface area contributed by atoms with Gasteiger partial charge in [-0.1, -0.05) is 60.7 Å². The van der Waals surface area contributed by atoms with E-state index in [9.17, 15) is 9.59 Å². The van der Waals surface area contributed by atoms with Crippen LogP contribution in [-0.2, 0) is 4.79 Å². The predicted octanol–water partition coefficient (Wildman–Crippen LogP) is 3.49. The minimum absolute atomic E-state index is 0.0509. The number of aldehydes is 1. The molecule has 0 saturated heterocycles. The molecule has 0 heterocycles. The summed E-state index contributed by atoms with van der Waals surface area (Å²) in [6.45, 7) is 0. The van der Waals surface area contributed by atoms with Gasteiger partial charge in [0, 0.05) is 17.9 Å². The Morgan fingerprint density at radius 2 is 1.55 bits per heavy atom. The normalized spacial score (nSPS) is 24.1. The number of hydrogen-bond donors (Lipinski definition) is 0. The molecule has 0 N–H and O–H groups in total. The molecule has 2 nitrogen and oxygen atoms in total. The summed E-state index contributed by atoms with van der Waals surface area (Å²) in [6, 6.07) is 19.4. The highest BCUT2D eigenvalue weighted by molar-refractivity contribution is 6.01. The lowest BCUT2D eigenvalue weighted by atomic mass is 10.0. The fraction of sp³-hybridized carbons (Fsp3) is 0.222. The maximum Gasteiger partial charge on any atom is 0.166 e. The topological polar surface area (TPSA) is 34.1 Å². The molecule has 0 aromatic heterocycles. The fourth-order valence-electron chi connectivity index (χ4n) is 3.06. The smallest absolute Gasteiger partial charge is 0.166 e. The molecular weight excluding hydrogens is 248 g/mol. The Hall–Kier alpha value is -2.22. The van der Waals surface area contributed by atoms with Crippen LogP contribution < -0.4 is 0 Å². The summed E-state index contributed by atoms with van der Waals surface area (Å²) in [5.41, 5.74) is 1.90. The van der Waals surface area contributed by atoms with Crippen LogP contribution in [0.5, 0.6) is 0 Å². The Bertz CT molecular complexity index is 604. The second-order valence-corrected chi connectivity index (χ2v) is 5.26. The number of carbonyl (C=O) groups is 2. The van der Waals surface area contributed by atoms with Crippen LogP contribution in [0, 0.1) is 11.8 Å². The summed E-state index contributed by atoms with van der Waals surface area (Å²) in [5, 5.41) is 0. The molecule has 0 radical (unpaired) electrons. The average molecular weight is 264 g/mol. The van der Waals surface area contributed by atoms with Crippen molar-refractivity contribution < 1.29 is 9.59 Å². The van der Waals surface area contributed by atoms with Gasteiger partial charge in [0.1, 0.15) is 6.29 Å². The van der Waals surface area contributed by atoms with Crippen LogP contribution in [-0.4, -0.2) is 12.1 Å². The molecule has 3 unspecified atom stereocenters. The van der Waals surface area contributed by atoms with Gasteiger partial charge in [-0.2, -0.15) is 0 Å². The Kier molecular flexibility index (Phi) is 3.46. The van der Waals surface area contributed by atoms with E-state index in [1.54, 1.807) is 0 Å². The number of Topliss-reactive ketones (excluding diaryl/α,β-unsaturated/α-hetero) is 1. The minimum atomic E-state index is -0.0509. The molecule has 100 valence electrons. The summed E-state index contributed by atoms with van der Waals surface area (Å²) in [4.78, 5) is 23.4. The van der Waals surface area contributed by atoms with E-state index >= 15 is 0 Å². The van der Waals surface area contributed by atoms with Gasteiger partial charge in [-0.15, -0.1) is 0 Å². The predicted molar refractivity (Wildman–Crippen MR) is 77.6 cm³/mol. The van der Waals surface area contributed by atoms with Crippen LogP contribution in [0.25, 0.3) is 0 Å². The third kappa shape index (κ3) is 2.29. The standard InChI is InChI=1S/C18H16O2/c19-12-11-15-16(13-7-3-1-4-8-13)17(15)18(20)14-9-5-2-6-10-14/h1-10,12,15-17H,11H2. The Morgan fingerprint density at radius 3 is 2.15 bits per heavy atom. The molecule has 1 saturated carbocycles. The zero-order chi connectivity index (χ0) is 13.9. The number of carbonyl (C=O) groups excluding carboxylic acids is 2. The van der Waals surface area contributed by atoms with Gasteiger partial charge < -0.3 is 4.79 Å². The first kappa shape index (κ1) is 12.8. The molecule has 1 fully saturated rings. The number of hydrogen-bond acceptors (Lipinski definition) is 2. The lowest BCUT2D eigenvalue weighted by Crippen LogP contribution is -2.04. The lowest BCUT2D eigenvalue weighted by molar-refractivity contribution is -0.108. The highest BCUT2D eigenvalue weighted by atomic mass is 16.1. The van der Waals surface area contributed by atoms with E-state index in [1.807, 2.05) is 60.7 Å². The van der Waals surface area contributed by atoms with Crippen LogP contribution in [0.2, 0.25) is 0 Å². The second-order valence-electron chi connectivity index (χ2n) is 5.26. The van der Waals surface area contributed by atoms with Gasteiger partial charge in [0.2, 0.25) is 0 Å². The SMILES string of the molecule is O=CCC1C(C(=O)c2ccccc2)C1c1ccccc1. The van der Waals surface area contributed by atoms with Crippen molar-refractivity contribution in [1.29, 1.82) is 0 Å². The number of benzene rings is 2. The third-order valence-electron chi connectivity index (χ3n) is 4.08. The third-order valence-corrected chi connectivity index (χ3v) is 4.08. The maximum atomic E-state index is 12.6. The van der Waals surface area contributed by atoms with E-state index in [0.29, 0.717) is 6.42 Å². The van der Waals surface area contributed by atoms with E-state index < -0.39 is 0 Å². The molecule has 1 aliphatic rings. The van der Waals surface area contributed by atoms with Crippen LogP contribution in [0.3, 0.4) is 0 Å². The zero-order valence-corrected chi connectivity index (χ0v) is 11.1. The lowest BCUT2D eigenvalue weighted by Gasteiger charge is -2.00. The Labute approximate surface area is 118 Å². The van der Waals surface area contributed by atoms with Gasteiger partial charge in [0.15, 0.2) is 5.78 Å². The molecule has 2 heteroatoms. The van der Waals surface area contributed by atoms with Crippen LogP contribution in [0.15, 0.2) is 60.7 Å². The van der Waals surface area contributed by atoms with Crippen molar-refractivity contribution in [1.82, 2.24) is 0 Å². The van der Waals surface area contributed by atoms with Gasteiger partial charge in [-0.25, -0.2) is 0 Å². The number of ketones is 1. The van der Waals surface area contributed by atoms with Crippen LogP contribution in [0.4, 0.5) is 0 Å². The maximum absolute atomic E-state index is 12.6. The molecule has 2 aromatic carbocycles. The highest BCUT2D eigenvalue weighted by Crippen LogP contribution is 2.56. The van der Waals surface area contributed by atoms with Gasteiger partial charge in [0.25, 0.3) is 0 Å². The molecule has 0 bridgehead atoms. The Morgan fingerprint density at radius 1 is 0.950 bits per heavy atom. The molecule has 3 atom stereocenters. The van der Waals surface area contributed by atoms with Crippen LogP contribution >= 0.6 is 0 Å². The van der Waals surface area contributed by atoms with Crippen molar-refractivity contribution in [3.63, 3.8) is 0 Å². The molecule has 1 aliphatic carbocycles. The first-order valence-electron chi connectivity index (χ1n) is 6.91. The molecule has 2 aromatic rings. The summed E-state index contributed by atoms with van der Waals surface area (Å²) in [6.07, 6.45) is 1.39. The largest absolute Gasteiger partial charge is 0.303 e. The second kappa shape index (κ2) is 5.41. The van der Waals surface area contributed by atoms with Gasteiger partial charge in [-0.3, -0.25) is 4.79 Å². The van der Waals surface area contributed by atoms with Gasteiger partial charge in [0.05, 0.1) is 0 Å². The number of rotatable bonds is 5. The minimum Gasteiger partial charge on any atom is -0.303 e. The van der Waals surface area contributed by atoms with Crippen molar-refractivity contribution in [2.24, 2.45) is 11.8 Å². The van der Waals surface area contributed by atoms with E-state index in [-0.39, 0.29) is 23.5 Å². The van der Waals surface area contributed by atoms with E-state index in [4.69, 9.17) is 0 Å². The van der Waals surface area contributed by atoms with Crippen molar-refractivity contribution in [2.75, 3.05) is 0 Å². The summed E-state index contributed by atoms with van der Waals surface area (Å²) < 4.78 is 0. The van der Waals surface area contributed by atoms with E-state index in [0.717, 1.165) is 17.4 Å². The first-order chi connectivity index (χ1) is 9.83. The van der Waals surface area contributed by atoms with Crippen molar-refractivity contribution in [2.45, 2.75) is 12.3 Å². The van der Waals surface area contributed by atoms with Gasteiger partial charge in [-0.05, 0) is 17.4 Å². The molecular formula is C18H16O2. The zero-order valence-electron chi connectivity index (χ0n) is 11.1. The van der Waals surface area contributed by atoms with Gasteiger partial charge >= 0.3 is 0 Å². The molecule has 3 rings (SSSR count). The van der Waals surface area contributed by atoms with Crippen LogP contribution in [0.1, 0.15) is 28.3 Å². The molecule has 0 amide bonds. The average Bonchev–Trinajstić information content (AvgIpc) is 3.23. The Balaban J connectivity index is 1.85. The molecule has 20 heavy (non-hydrogen) atoms. The summed E-state index contributed by atoms with van der Waals surface area (Å²) in [5.74, 6) is 0.452. The van der Waals surface area contributed by atoms with E-state index in [1.165, 1.54) is 0 Å².